The molecule has 3 aromatic rings. The van der Waals surface area contributed by atoms with E-state index in [2.05, 4.69) is 4.98 Å². The number of methoxy groups -OCH3 is 1. The fourth-order valence-corrected chi connectivity index (χ4v) is 3.84. The zero-order valence-electron chi connectivity index (χ0n) is 18.8. The van der Waals surface area contributed by atoms with Crippen molar-refractivity contribution in [2.45, 2.75) is 30.5 Å². The zero-order chi connectivity index (χ0) is 26.0. The molecule has 1 heterocycles. The first kappa shape index (κ1) is 26.5. The van der Waals surface area contributed by atoms with E-state index in [0.29, 0.717) is 11.1 Å². The van der Waals surface area contributed by atoms with Crippen LogP contribution >= 0.6 is 11.8 Å². The Hall–Kier alpha value is -3.15. The Morgan fingerprint density at radius 3 is 2.11 bits per heavy atom. The number of benzene rings is 2. The van der Waals surface area contributed by atoms with Gasteiger partial charge in [-0.25, -0.2) is 4.98 Å². The molecule has 0 N–H and O–H groups in total. The molecule has 3 rings (SSSR count). The maximum absolute atomic E-state index is 13.6. The van der Waals surface area contributed by atoms with E-state index in [0.717, 1.165) is 28.5 Å². The lowest BCUT2D eigenvalue weighted by Gasteiger charge is -2.16. The summed E-state index contributed by atoms with van der Waals surface area (Å²) >= 11 is 0.928. The highest BCUT2D eigenvalue weighted by Crippen LogP contribution is 2.34. The molecule has 0 saturated heterocycles. The van der Waals surface area contributed by atoms with Gasteiger partial charge < -0.3 is 9.47 Å². The minimum Gasteiger partial charge on any atom is -0.493 e. The molecule has 0 radical (unpaired) electrons. The van der Waals surface area contributed by atoms with E-state index in [1.807, 2.05) is 0 Å². The van der Waals surface area contributed by atoms with Crippen molar-refractivity contribution in [3.63, 3.8) is 0 Å². The maximum atomic E-state index is 13.6. The molecule has 2 aromatic carbocycles. The van der Waals surface area contributed by atoms with Crippen LogP contribution < -0.4 is 15.0 Å². The van der Waals surface area contributed by atoms with Gasteiger partial charge in [0.1, 0.15) is 6.61 Å². The van der Waals surface area contributed by atoms with Crippen molar-refractivity contribution in [2.24, 2.45) is 7.05 Å². The van der Waals surface area contributed by atoms with Crippen LogP contribution in [0.15, 0.2) is 52.4 Å². The van der Waals surface area contributed by atoms with E-state index in [9.17, 15) is 31.1 Å². The van der Waals surface area contributed by atoms with E-state index >= 15 is 0 Å². The summed E-state index contributed by atoms with van der Waals surface area (Å²) in [6.07, 6.45) is -8.09. The number of rotatable bonds is 7. The number of nitrogens with zero attached hydrogens (tertiary/aromatic N) is 2. The fourth-order valence-electron chi connectivity index (χ4n) is 3.30. The van der Waals surface area contributed by atoms with Crippen LogP contribution in [-0.4, -0.2) is 22.9 Å². The first-order chi connectivity index (χ1) is 16.3. The van der Waals surface area contributed by atoms with Gasteiger partial charge in [-0.05, 0) is 41.6 Å². The Morgan fingerprint density at radius 2 is 1.57 bits per heavy atom. The van der Waals surface area contributed by atoms with Gasteiger partial charge in [-0.3, -0.25) is 9.36 Å². The van der Waals surface area contributed by atoms with Gasteiger partial charge in [0.05, 0.1) is 18.2 Å². The van der Waals surface area contributed by atoms with Crippen molar-refractivity contribution in [2.75, 3.05) is 13.4 Å². The Balaban J connectivity index is 1.85. The van der Waals surface area contributed by atoms with E-state index in [1.54, 1.807) is 0 Å². The standard InChI is InChI=1S/C23H20F6N2O3S/c1-31-20(32)16(19(23(27,28)29)30-21(31)35-3)10-14-6-9-17(18(11-14)33-2)34-12-13-4-7-15(8-5-13)22(24,25)26/h4-9,11H,10,12H2,1-3H3. The lowest BCUT2D eigenvalue weighted by molar-refractivity contribution is -0.142. The number of alkyl halides is 6. The summed E-state index contributed by atoms with van der Waals surface area (Å²) in [6.45, 7) is -0.0628. The molecule has 0 unspecified atom stereocenters. The molecule has 0 saturated carbocycles. The van der Waals surface area contributed by atoms with E-state index in [4.69, 9.17) is 9.47 Å². The highest BCUT2D eigenvalue weighted by Gasteiger charge is 2.38. The van der Waals surface area contributed by atoms with Gasteiger partial charge in [-0.2, -0.15) is 26.3 Å². The Kier molecular flexibility index (Phi) is 7.73. The molecule has 0 fully saturated rings. The van der Waals surface area contributed by atoms with Crippen LogP contribution in [0.2, 0.25) is 0 Å². The average molecular weight is 518 g/mol. The quantitative estimate of drug-likeness (QED) is 0.228. The molecular weight excluding hydrogens is 498 g/mol. The van der Waals surface area contributed by atoms with Gasteiger partial charge >= 0.3 is 12.4 Å². The summed E-state index contributed by atoms with van der Waals surface area (Å²) in [7, 11) is 2.68. The predicted octanol–water partition coefficient (Wildman–Crippen LogP) is 5.72. The second-order valence-corrected chi connectivity index (χ2v) is 8.21. The molecular formula is C23H20F6N2O3S. The molecule has 0 aliphatic carbocycles. The van der Waals surface area contributed by atoms with Gasteiger partial charge in [0.15, 0.2) is 22.3 Å². The van der Waals surface area contributed by atoms with Gasteiger partial charge in [-0.15, -0.1) is 0 Å². The van der Waals surface area contributed by atoms with Crippen LogP contribution in [0.25, 0.3) is 0 Å². The predicted molar refractivity (Wildman–Crippen MR) is 118 cm³/mol. The lowest BCUT2D eigenvalue weighted by Crippen LogP contribution is -2.29. The number of aromatic nitrogens is 2. The molecule has 0 bridgehead atoms. The number of hydrogen-bond donors (Lipinski definition) is 0. The first-order valence-corrected chi connectivity index (χ1v) is 11.2. The smallest absolute Gasteiger partial charge is 0.433 e. The molecule has 12 heteroatoms. The maximum Gasteiger partial charge on any atom is 0.433 e. The third-order valence-electron chi connectivity index (χ3n) is 5.08. The Labute approximate surface area is 200 Å². The molecule has 0 aliphatic rings. The minimum absolute atomic E-state index is 0.0596. The third-order valence-corrected chi connectivity index (χ3v) is 5.81. The molecule has 0 atom stereocenters. The molecule has 0 amide bonds. The van der Waals surface area contributed by atoms with Crippen molar-refractivity contribution in [3.8, 4) is 11.5 Å². The molecule has 0 aliphatic heterocycles. The first-order valence-electron chi connectivity index (χ1n) is 10.0. The summed E-state index contributed by atoms with van der Waals surface area (Å²) in [4.78, 5) is 16.3. The lowest BCUT2D eigenvalue weighted by atomic mass is 10.0. The summed E-state index contributed by atoms with van der Waals surface area (Å²) in [6, 6.07) is 8.81. The third kappa shape index (κ3) is 6.11. The number of hydrogen-bond acceptors (Lipinski definition) is 5. The normalized spacial score (nSPS) is 12.0. The van der Waals surface area contributed by atoms with Crippen LogP contribution in [-0.2, 0) is 32.4 Å². The summed E-state index contributed by atoms with van der Waals surface area (Å²) < 4.78 is 90.9. The number of halogens is 6. The summed E-state index contributed by atoms with van der Waals surface area (Å²) in [5, 5.41) is -0.0596. The van der Waals surface area contributed by atoms with Crippen LogP contribution in [0.3, 0.4) is 0 Å². The molecule has 35 heavy (non-hydrogen) atoms. The monoisotopic (exact) mass is 518 g/mol. The van der Waals surface area contributed by atoms with E-state index < -0.39 is 34.7 Å². The second-order valence-electron chi connectivity index (χ2n) is 7.43. The van der Waals surface area contributed by atoms with E-state index in [1.165, 1.54) is 50.7 Å². The summed E-state index contributed by atoms with van der Waals surface area (Å²) in [5.74, 6) is 0.421. The van der Waals surface area contributed by atoms with Gasteiger partial charge in [0.2, 0.25) is 0 Å². The van der Waals surface area contributed by atoms with Crippen LogP contribution in [0.4, 0.5) is 26.3 Å². The largest absolute Gasteiger partial charge is 0.493 e. The molecule has 1 aromatic heterocycles. The second kappa shape index (κ2) is 10.2. The van der Waals surface area contributed by atoms with Crippen LogP contribution in [0.5, 0.6) is 11.5 Å². The molecule has 188 valence electrons. The highest BCUT2D eigenvalue weighted by molar-refractivity contribution is 7.98. The number of ether oxygens (including phenoxy) is 2. The minimum atomic E-state index is -4.82. The highest BCUT2D eigenvalue weighted by atomic mass is 32.2. The number of thioether (sulfide) groups is 1. The van der Waals surface area contributed by atoms with Crippen molar-refractivity contribution in [3.05, 3.63) is 80.8 Å². The molecule has 5 nitrogen and oxygen atoms in total. The Bertz CT molecular complexity index is 1250. The van der Waals surface area contributed by atoms with Crippen LogP contribution in [0.1, 0.15) is 27.9 Å². The van der Waals surface area contributed by atoms with Crippen LogP contribution in [0, 0.1) is 0 Å². The summed E-state index contributed by atoms with van der Waals surface area (Å²) in [5.41, 5.74) is -2.51. The zero-order valence-corrected chi connectivity index (χ0v) is 19.6. The van der Waals surface area contributed by atoms with E-state index in [-0.39, 0.29) is 29.7 Å². The van der Waals surface area contributed by atoms with Crippen molar-refractivity contribution in [1.29, 1.82) is 0 Å². The van der Waals surface area contributed by atoms with Gasteiger partial charge in [0, 0.05) is 13.5 Å². The SMILES string of the molecule is COc1cc(Cc2c(C(F)(F)F)nc(SC)n(C)c2=O)ccc1OCc1ccc(C(F)(F)F)cc1. The van der Waals surface area contributed by atoms with Crippen molar-refractivity contribution < 1.29 is 35.8 Å². The van der Waals surface area contributed by atoms with Crippen molar-refractivity contribution >= 4 is 11.8 Å². The fraction of sp³-hybridized carbons (Fsp3) is 0.304. The average Bonchev–Trinajstić information content (AvgIpc) is 2.80. The van der Waals surface area contributed by atoms with Crippen molar-refractivity contribution in [1.82, 2.24) is 9.55 Å². The molecule has 0 spiro atoms. The van der Waals surface area contributed by atoms with Gasteiger partial charge in [0.25, 0.3) is 5.56 Å². The topological polar surface area (TPSA) is 53.4 Å². The Morgan fingerprint density at radius 1 is 0.943 bits per heavy atom. The van der Waals surface area contributed by atoms with Gasteiger partial charge in [-0.1, -0.05) is 30.0 Å².